The Labute approximate surface area is 255 Å². The third-order valence-corrected chi connectivity index (χ3v) is 8.58. The van der Waals surface area contributed by atoms with Crippen molar-refractivity contribution < 1.29 is 4.92 Å². The zero-order valence-electron chi connectivity index (χ0n) is 22.8. The van der Waals surface area contributed by atoms with Gasteiger partial charge in [0.05, 0.1) is 20.7 Å². The van der Waals surface area contributed by atoms with Crippen LogP contribution in [0.5, 0.6) is 0 Å². The minimum absolute atomic E-state index is 0.0391. The number of nitrogens with one attached hydrogen (secondary N) is 2. The number of nitrogens with zero attached hydrogens (tertiary/aromatic N) is 2. The van der Waals surface area contributed by atoms with Crippen LogP contribution in [0.2, 0.25) is 15.1 Å². The normalized spacial score (nSPS) is 11.2. The molecule has 11 heteroatoms. The minimum Gasteiger partial charge on any atom is -0.339 e. The lowest BCUT2D eigenvalue weighted by atomic mass is 10.1. The predicted molar refractivity (Wildman–Crippen MR) is 170 cm³/mol. The molecular formula is C29H37Cl3N4O3S. The molecule has 1 aromatic heterocycles. The van der Waals surface area contributed by atoms with Crippen molar-refractivity contribution in [2.75, 3.05) is 11.1 Å². The standard InChI is InChI=1S/C29H37Cl3N4O3S/c1-2-3-4-5-6-7-8-9-10-11-12-13-16-40-26-15-14-22(36(38)39)19-25(26)33-27-20-28(37)35(34-27)29-23(31)17-21(30)18-24(29)32/h14-15,17-20,33-34H,2-13,16H2,1H3. The summed E-state index contributed by atoms with van der Waals surface area (Å²) in [7, 11) is 0. The average Bonchev–Trinajstić information content (AvgIpc) is 3.25. The van der Waals surface area contributed by atoms with Gasteiger partial charge >= 0.3 is 0 Å². The van der Waals surface area contributed by atoms with Gasteiger partial charge in [-0.05, 0) is 30.4 Å². The van der Waals surface area contributed by atoms with E-state index in [9.17, 15) is 14.9 Å². The van der Waals surface area contributed by atoms with E-state index in [1.54, 1.807) is 17.8 Å². The van der Waals surface area contributed by atoms with Gasteiger partial charge in [0.15, 0.2) is 0 Å². The monoisotopic (exact) mass is 626 g/mol. The first-order valence-corrected chi connectivity index (χ1v) is 16.1. The zero-order valence-corrected chi connectivity index (χ0v) is 25.9. The van der Waals surface area contributed by atoms with Crippen LogP contribution in [-0.2, 0) is 0 Å². The van der Waals surface area contributed by atoms with Crippen molar-refractivity contribution in [2.24, 2.45) is 0 Å². The smallest absolute Gasteiger partial charge is 0.273 e. The van der Waals surface area contributed by atoms with Crippen molar-refractivity contribution in [3.8, 4) is 5.69 Å². The van der Waals surface area contributed by atoms with Crippen LogP contribution in [0.4, 0.5) is 17.2 Å². The van der Waals surface area contributed by atoms with Crippen LogP contribution in [0, 0.1) is 10.1 Å². The highest BCUT2D eigenvalue weighted by atomic mass is 35.5. The third-order valence-electron chi connectivity index (χ3n) is 6.62. The van der Waals surface area contributed by atoms with Crippen LogP contribution in [0.3, 0.4) is 0 Å². The molecule has 0 saturated heterocycles. The maximum absolute atomic E-state index is 12.7. The predicted octanol–water partition coefficient (Wildman–Crippen LogP) is 10.6. The first kappa shape index (κ1) is 32.4. The molecule has 0 unspecified atom stereocenters. The molecule has 0 spiro atoms. The van der Waals surface area contributed by atoms with E-state index in [0.29, 0.717) is 16.5 Å². The SMILES string of the molecule is CCCCCCCCCCCCCCSc1ccc([N+](=O)[O-])cc1Nc1cc(=O)n(-c2c(Cl)cc(Cl)cc2Cl)[nH]1. The molecule has 3 rings (SSSR count). The highest BCUT2D eigenvalue weighted by Crippen LogP contribution is 2.34. The maximum Gasteiger partial charge on any atom is 0.273 e. The van der Waals surface area contributed by atoms with E-state index in [2.05, 4.69) is 17.3 Å². The van der Waals surface area contributed by atoms with E-state index >= 15 is 0 Å². The summed E-state index contributed by atoms with van der Waals surface area (Å²) < 4.78 is 1.21. The molecule has 0 amide bonds. The fourth-order valence-electron chi connectivity index (χ4n) is 4.50. The van der Waals surface area contributed by atoms with Gasteiger partial charge in [-0.2, -0.15) is 0 Å². The molecule has 0 saturated carbocycles. The summed E-state index contributed by atoms with van der Waals surface area (Å²) in [4.78, 5) is 24.6. The highest BCUT2D eigenvalue weighted by molar-refractivity contribution is 7.99. The quantitative estimate of drug-likeness (QED) is 0.0633. The second-order valence-corrected chi connectivity index (χ2v) is 12.2. The summed E-state index contributed by atoms with van der Waals surface area (Å²) in [6.07, 6.45) is 15.5. The molecule has 0 fully saturated rings. The second kappa shape index (κ2) is 17.0. The van der Waals surface area contributed by atoms with Gasteiger partial charge in [-0.3, -0.25) is 20.0 Å². The van der Waals surface area contributed by atoms with E-state index in [-0.39, 0.29) is 21.4 Å². The number of H-pyrrole nitrogens is 1. The summed E-state index contributed by atoms with van der Waals surface area (Å²) in [6, 6.07) is 9.05. The number of rotatable bonds is 18. The van der Waals surface area contributed by atoms with Gasteiger partial charge in [0.1, 0.15) is 11.5 Å². The van der Waals surface area contributed by atoms with Gasteiger partial charge in [0.25, 0.3) is 11.2 Å². The average molecular weight is 628 g/mol. The van der Waals surface area contributed by atoms with Gasteiger partial charge in [-0.25, -0.2) is 4.68 Å². The van der Waals surface area contributed by atoms with Crippen molar-refractivity contribution in [3.05, 3.63) is 71.9 Å². The molecule has 0 atom stereocenters. The van der Waals surface area contributed by atoms with Crippen LogP contribution in [0.1, 0.15) is 84.0 Å². The van der Waals surface area contributed by atoms with Crippen molar-refractivity contribution >= 4 is 63.8 Å². The number of unbranched alkanes of at least 4 members (excludes halogenated alkanes) is 11. The Hall–Kier alpha value is -2.13. The number of benzene rings is 2. The number of nitro benzene ring substituents is 1. The Morgan fingerprint density at radius 3 is 2.02 bits per heavy atom. The Morgan fingerprint density at radius 2 is 1.45 bits per heavy atom. The van der Waals surface area contributed by atoms with Crippen LogP contribution in [-0.4, -0.2) is 20.5 Å². The maximum atomic E-state index is 12.7. The van der Waals surface area contributed by atoms with Crippen LogP contribution in [0.15, 0.2) is 46.1 Å². The van der Waals surface area contributed by atoms with Gasteiger partial charge in [-0.15, -0.1) is 11.8 Å². The molecule has 7 nitrogen and oxygen atoms in total. The van der Waals surface area contributed by atoms with Crippen molar-refractivity contribution in [2.45, 2.75) is 88.9 Å². The molecule has 0 bridgehead atoms. The molecule has 0 radical (unpaired) electrons. The lowest BCUT2D eigenvalue weighted by molar-refractivity contribution is -0.384. The molecule has 0 aliphatic heterocycles. The Balaban J connectivity index is 1.54. The molecule has 40 heavy (non-hydrogen) atoms. The third kappa shape index (κ3) is 10.1. The fourth-order valence-corrected chi connectivity index (χ4v) is 6.48. The van der Waals surface area contributed by atoms with Crippen LogP contribution < -0.4 is 10.9 Å². The lowest BCUT2D eigenvalue weighted by Gasteiger charge is -2.11. The van der Waals surface area contributed by atoms with Gasteiger partial charge < -0.3 is 5.32 Å². The van der Waals surface area contributed by atoms with Crippen molar-refractivity contribution in [1.82, 2.24) is 9.78 Å². The van der Waals surface area contributed by atoms with Gasteiger partial charge in [0.2, 0.25) is 0 Å². The molecule has 0 aliphatic carbocycles. The lowest BCUT2D eigenvalue weighted by Crippen LogP contribution is -2.14. The first-order chi connectivity index (χ1) is 19.3. The number of aromatic nitrogens is 2. The number of hydrogen-bond donors (Lipinski definition) is 2. The van der Waals surface area contributed by atoms with E-state index in [4.69, 9.17) is 34.8 Å². The van der Waals surface area contributed by atoms with E-state index < -0.39 is 10.5 Å². The number of halogens is 3. The summed E-state index contributed by atoms with van der Waals surface area (Å²) >= 11 is 20.2. The first-order valence-electron chi connectivity index (χ1n) is 14.0. The Kier molecular flexibility index (Phi) is 13.7. The Morgan fingerprint density at radius 1 is 0.875 bits per heavy atom. The number of hydrogen-bond acceptors (Lipinski definition) is 5. The number of non-ortho nitro benzene ring substituents is 1. The summed E-state index contributed by atoms with van der Waals surface area (Å²) in [5, 5.41) is 18.3. The molecule has 1 heterocycles. The fraction of sp³-hybridized carbons (Fsp3) is 0.483. The largest absolute Gasteiger partial charge is 0.339 e. The topological polar surface area (TPSA) is 93.0 Å². The molecular weight excluding hydrogens is 591 g/mol. The second-order valence-electron chi connectivity index (χ2n) is 9.86. The van der Waals surface area contributed by atoms with Crippen molar-refractivity contribution in [1.29, 1.82) is 0 Å². The number of aromatic amines is 1. The number of anilines is 2. The van der Waals surface area contributed by atoms with E-state index in [1.807, 2.05) is 0 Å². The molecule has 3 aromatic rings. The molecule has 0 aliphatic rings. The molecule has 2 N–H and O–H groups in total. The molecule has 2 aromatic carbocycles. The summed E-state index contributed by atoms with van der Waals surface area (Å²) in [5.74, 6) is 1.25. The van der Waals surface area contributed by atoms with Crippen molar-refractivity contribution in [3.63, 3.8) is 0 Å². The van der Waals surface area contributed by atoms with Gasteiger partial charge in [0, 0.05) is 28.1 Å². The number of nitro groups is 1. The number of thioether (sulfide) groups is 1. The molecule has 218 valence electrons. The van der Waals surface area contributed by atoms with Gasteiger partial charge in [-0.1, -0.05) is 112 Å². The zero-order chi connectivity index (χ0) is 28.9. The van der Waals surface area contributed by atoms with E-state index in [0.717, 1.165) is 23.5 Å². The highest BCUT2D eigenvalue weighted by Gasteiger charge is 2.16. The van der Waals surface area contributed by atoms with Crippen LogP contribution in [0.25, 0.3) is 5.69 Å². The van der Waals surface area contributed by atoms with E-state index in [1.165, 1.54) is 99.2 Å². The van der Waals surface area contributed by atoms with Crippen LogP contribution >= 0.6 is 46.6 Å². The minimum atomic E-state index is -0.438. The summed E-state index contributed by atoms with van der Waals surface area (Å²) in [5.41, 5.74) is 0.374. The summed E-state index contributed by atoms with van der Waals surface area (Å²) in [6.45, 7) is 2.25. The Bertz CT molecular complexity index is 1290.